The van der Waals surface area contributed by atoms with Crippen LogP contribution in [0.4, 0.5) is 30.8 Å². The molecule has 192 valence electrons. The highest BCUT2D eigenvalue weighted by Gasteiger charge is 2.24. The van der Waals surface area contributed by atoms with Crippen LogP contribution in [0.25, 0.3) is 11.0 Å². The third kappa shape index (κ3) is 7.03. The van der Waals surface area contributed by atoms with Crippen LogP contribution in [0.15, 0.2) is 24.4 Å². The van der Waals surface area contributed by atoms with Gasteiger partial charge in [-0.1, -0.05) is 26.8 Å². The Bertz CT molecular complexity index is 1060. The molecule has 0 radical (unpaired) electrons. The van der Waals surface area contributed by atoms with E-state index < -0.39 is 12.6 Å². The van der Waals surface area contributed by atoms with Gasteiger partial charge < -0.3 is 15.3 Å². The van der Waals surface area contributed by atoms with E-state index in [2.05, 4.69) is 29.0 Å². The molecule has 35 heavy (non-hydrogen) atoms. The third-order valence-corrected chi connectivity index (χ3v) is 5.88. The maximum absolute atomic E-state index is 10.8. The van der Waals surface area contributed by atoms with Crippen molar-refractivity contribution in [2.75, 3.05) is 29.9 Å². The fraction of sp³-hybridized carbons (Fsp3) is 0.583. The van der Waals surface area contributed by atoms with Crippen LogP contribution in [-0.2, 0) is 13.0 Å². The lowest BCUT2D eigenvalue weighted by atomic mass is 9.98. The molecule has 4 rings (SSSR count). The molecule has 4 heterocycles. The SMILES string of the molecule is CCC(F)(F)F.CCCn1nc(CC)c2nc(N3CCC(CO)CC3)nc(Nc3ccccn3)c21. The highest BCUT2D eigenvalue weighted by molar-refractivity contribution is 5.90. The summed E-state index contributed by atoms with van der Waals surface area (Å²) < 4.78 is 34.4. The van der Waals surface area contributed by atoms with Crippen LogP contribution in [0.2, 0.25) is 0 Å². The molecule has 3 aromatic heterocycles. The number of alkyl halides is 3. The second kappa shape index (κ2) is 12.1. The number of rotatable bonds is 7. The molecule has 11 heteroatoms. The lowest BCUT2D eigenvalue weighted by molar-refractivity contribution is -0.130. The Morgan fingerprint density at radius 2 is 1.83 bits per heavy atom. The molecule has 0 atom stereocenters. The normalized spacial score (nSPS) is 14.7. The van der Waals surface area contributed by atoms with Gasteiger partial charge in [0.1, 0.15) is 16.9 Å². The van der Waals surface area contributed by atoms with Crippen molar-refractivity contribution >= 4 is 28.6 Å². The van der Waals surface area contributed by atoms with Gasteiger partial charge in [-0.2, -0.15) is 23.3 Å². The van der Waals surface area contributed by atoms with Gasteiger partial charge >= 0.3 is 6.18 Å². The molecule has 0 amide bonds. The quantitative estimate of drug-likeness (QED) is 0.473. The molecule has 0 saturated carbocycles. The molecule has 2 N–H and O–H groups in total. The molecular formula is C24H34F3N7O. The van der Waals surface area contributed by atoms with Gasteiger partial charge in [0.15, 0.2) is 5.82 Å². The van der Waals surface area contributed by atoms with E-state index in [1.54, 1.807) is 6.20 Å². The Kier molecular flexibility index (Phi) is 9.25. The van der Waals surface area contributed by atoms with Crippen LogP contribution in [0, 0.1) is 5.92 Å². The van der Waals surface area contributed by atoms with Crippen molar-refractivity contribution in [2.45, 2.75) is 65.6 Å². The predicted molar refractivity (Wildman–Crippen MR) is 131 cm³/mol. The third-order valence-electron chi connectivity index (χ3n) is 5.88. The Morgan fingerprint density at radius 3 is 2.37 bits per heavy atom. The van der Waals surface area contributed by atoms with Crippen LogP contribution in [0.3, 0.4) is 0 Å². The topological polar surface area (TPSA) is 92.0 Å². The zero-order valence-electron chi connectivity index (χ0n) is 20.5. The maximum atomic E-state index is 10.8. The molecule has 0 bridgehead atoms. The first kappa shape index (κ1) is 26.7. The Morgan fingerprint density at radius 1 is 1.11 bits per heavy atom. The number of hydrogen-bond donors (Lipinski definition) is 2. The number of halogens is 3. The Labute approximate surface area is 203 Å². The lowest BCUT2D eigenvalue weighted by Crippen LogP contribution is -2.36. The number of aromatic nitrogens is 5. The standard InChI is InChI=1S/C21H29N7O.C3H5F3/c1-3-11-28-19-18(16(4-2)26-28)24-21(27-12-8-15(14-29)9-13-27)25-20(19)23-17-7-5-6-10-22-17;1-2-3(4,5)6/h5-7,10,15,29H,3-4,8-9,11-14H2,1-2H3,(H,22,23,24,25);2H2,1H3. The lowest BCUT2D eigenvalue weighted by Gasteiger charge is -2.31. The smallest absolute Gasteiger partial charge is 0.388 e. The second-order valence-electron chi connectivity index (χ2n) is 8.51. The molecule has 1 saturated heterocycles. The minimum absolute atomic E-state index is 0.254. The average Bonchev–Trinajstić information content (AvgIpc) is 3.22. The molecular weight excluding hydrogens is 459 g/mol. The van der Waals surface area contributed by atoms with Crippen LogP contribution in [0.5, 0.6) is 0 Å². The van der Waals surface area contributed by atoms with Gasteiger partial charge in [-0.3, -0.25) is 4.68 Å². The van der Waals surface area contributed by atoms with E-state index in [0.717, 1.165) is 86.6 Å². The van der Waals surface area contributed by atoms with Crippen molar-refractivity contribution in [1.29, 1.82) is 0 Å². The van der Waals surface area contributed by atoms with E-state index in [4.69, 9.17) is 15.1 Å². The van der Waals surface area contributed by atoms with Gasteiger partial charge in [0.25, 0.3) is 0 Å². The number of fused-ring (bicyclic) bond motifs is 1. The summed E-state index contributed by atoms with van der Waals surface area (Å²) in [5, 5.41) is 17.6. The first-order chi connectivity index (χ1) is 16.8. The van der Waals surface area contributed by atoms with Crippen molar-refractivity contribution in [1.82, 2.24) is 24.7 Å². The molecule has 0 unspecified atom stereocenters. The van der Waals surface area contributed by atoms with Crippen LogP contribution < -0.4 is 10.2 Å². The fourth-order valence-corrected chi connectivity index (χ4v) is 3.85. The number of hydrogen-bond acceptors (Lipinski definition) is 7. The van der Waals surface area contributed by atoms with Gasteiger partial charge in [0.2, 0.25) is 5.95 Å². The Balaban J connectivity index is 0.000000509. The summed E-state index contributed by atoms with van der Waals surface area (Å²) >= 11 is 0. The van der Waals surface area contributed by atoms with E-state index in [1.807, 2.05) is 22.9 Å². The summed E-state index contributed by atoms with van der Waals surface area (Å²) in [5.41, 5.74) is 2.84. The molecule has 0 aromatic carbocycles. The Hall–Kier alpha value is -2.95. The van der Waals surface area contributed by atoms with E-state index >= 15 is 0 Å². The summed E-state index contributed by atoms with van der Waals surface area (Å²) in [6.07, 6.45) is 0.793. The summed E-state index contributed by atoms with van der Waals surface area (Å²) in [7, 11) is 0. The second-order valence-corrected chi connectivity index (χ2v) is 8.51. The molecule has 0 aliphatic carbocycles. The minimum atomic E-state index is -3.96. The maximum Gasteiger partial charge on any atom is 0.388 e. The van der Waals surface area contributed by atoms with Gasteiger partial charge in [-0.15, -0.1) is 0 Å². The molecule has 0 spiro atoms. The van der Waals surface area contributed by atoms with E-state index in [0.29, 0.717) is 5.92 Å². The zero-order chi connectivity index (χ0) is 25.4. The number of aryl methyl sites for hydroxylation is 2. The summed E-state index contributed by atoms with van der Waals surface area (Å²) in [5.74, 6) is 2.59. The average molecular weight is 494 g/mol. The minimum Gasteiger partial charge on any atom is -0.396 e. The summed E-state index contributed by atoms with van der Waals surface area (Å²) in [6, 6.07) is 5.78. The number of aliphatic hydroxyl groups excluding tert-OH is 1. The zero-order valence-corrected chi connectivity index (χ0v) is 20.5. The molecule has 3 aromatic rings. The molecule has 1 aliphatic rings. The van der Waals surface area contributed by atoms with Gasteiger partial charge in [0, 0.05) is 38.9 Å². The number of nitrogens with zero attached hydrogens (tertiary/aromatic N) is 6. The summed E-state index contributed by atoms with van der Waals surface area (Å²) in [4.78, 5) is 16.5. The predicted octanol–water partition coefficient (Wildman–Crippen LogP) is 5.10. The first-order valence-electron chi connectivity index (χ1n) is 12.2. The number of pyridine rings is 1. The number of anilines is 3. The molecule has 8 nitrogen and oxygen atoms in total. The largest absolute Gasteiger partial charge is 0.396 e. The summed E-state index contributed by atoms with van der Waals surface area (Å²) in [6.45, 7) is 8.11. The van der Waals surface area contributed by atoms with Crippen LogP contribution >= 0.6 is 0 Å². The van der Waals surface area contributed by atoms with Crippen molar-refractivity contribution in [3.8, 4) is 0 Å². The van der Waals surface area contributed by atoms with Gasteiger partial charge in [-0.25, -0.2) is 9.97 Å². The highest BCUT2D eigenvalue weighted by Crippen LogP contribution is 2.30. The van der Waals surface area contributed by atoms with Crippen LogP contribution in [0.1, 0.15) is 52.1 Å². The number of aliphatic hydroxyl groups is 1. The number of piperidine rings is 1. The monoisotopic (exact) mass is 493 g/mol. The van der Waals surface area contributed by atoms with Crippen LogP contribution in [-0.4, -0.2) is 55.7 Å². The van der Waals surface area contributed by atoms with Gasteiger partial charge in [0.05, 0.1) is 5.69 Å². The van der Waals surface area contributed by atoms with E-state index in [-0.39, 0.29) is 6.61 Å². The highest BCUT2D eigenvalue weighted by atomic mass is 19.4. The van der Waals surface area contributed by atoms with E-state index in [1.165, 1.54) is 0 Å². The molecule has 1 fully saturated rings. The molecule has 1 aliphatic heterocycles. The van der Waals surface area contributed by atoms with Crippen molar-refractivity contribution < 1.29 is 18.3 Å². The first-order valence-corrected chi connectivity index (χ1v) is 12.2. The van der Waals surface area contributed by atoms with Crippen molar-refractivity contribution in [3.05, 3.63) is 30.1 Å². The van der Waals surface area contributed by atoms with E-state index in [9.17, 15) is 18.3 Å². The van der Waals surface area contributed by atoms with Crippen molar-refractivity contribution in [3.63, 3.8) is 0 Å². The number of nitrogens with one attached hydrogen (secondary N) is 1. The van der Waals surface area contributed by atoms with Crippen molar-refractivity contribution in [2.24, 2.45) is 5.92 Å². The van der Waals surface area contributed by atoms with Gasteiger partial charge in [-0.05, 0) is 43.7 Å². The fourth-order valence-electron chi connectivity index (χ4n) is 3.85.